The van der Waals surface area contributed by atoms with Crippen molar-refractivity contribution in [3.8, 4) is 5.75 Å². The van der Waals surface area contributed by atoms with Crippen LogP contribution >= 0.6 is 0 Å². The molecule has 0 bridgehead atoms. The van der Waals surface area contributed by atoms with Crippen LogP contribution in [0.15, 0.2) is 133 Å². The van der Waals surface area contributed by atoms with Crippen molar-refractivity contribution in [1.82, 2.24) is 62.6 Å². The van der Waals surface area contributed by atoms with E-state index in [-0.39, 0.29) is 45.9 Å². The second kappa shape index (κ2) is 35.7. The Hall–Kier alpha value is -8.08. The third-order valence-electron chi connectivity index (χ3n) is 21.7. The number of hydrogen-bond acceptors (Lipinski definition) is 21. The zero-order valence-electron chi connectivity index (χ0n) is 63.0. The van der Waals surface area contributed by atoms with Crippen molar-refractivity contribution in [2.24, 2.45) is 23.7 Å². The number of aromatic nitrogens is 8. The summed E-state index contributed by atoms with van der Waals surface area (Å²) in [5, 5.41) is 3.06. The lowest BCUT2D eigenvalue weighted by Crippen LogP contribution is -2.47. The largest absolute Gasteiger partial charge is 0.497 e. The SMILES string of the molecule is COc1ccc2ncnc(N3CCCC(CN(C(C)C)S(=O)(=O)c4ccccc4)C3)c2c1.Cc1ccc2ncnc(N3CCCC(CNS(=O)(=O)C4CC4)C3)c2c1.O=S(=O)(NCC1CCCN(c2ncnc3ccc(F)cc23)C1)C1CC1.O=S(=O)(NCC1CCCN(c2ncnc3ccc(F)cc23)C1)N1CCCCC1. The van der Waals surface area contributed by atoms with Crippen LogP contribution in [-0.4, -0.2) is 197 Å². The van der Waals surface area contributed by atoms with Crippen LogP contribution in [0, 0.1) is 42.2 Å². The standard InChI is InChI=1S/C24H30N4O3S.C19H26FN5O2S.C18H24N4O2S.C17H21FN4O2S/c1-18(2)28(32(29,30)21-9-5-4-6-10-21)16-19-8-7-13-27(15-19)24-22-14-20(31-3)11-12-23(22)25-17-26-24;20-16-6-7-18-17(11-16)19(22-14-21-18)24-8-4-5-15(13-24)12-23-28(26,27)25-9-2-1-3-10-25;1-13-4-7-17-16(9-13)18(20-12-19-17)22-8-2-3-14(11-22)10-21-25(23,24)15-5-6-15;18-13-3-6-16-15(8-13)17(20-11-19-16)22-7-1-2-12(10-22)9-21-25(23,24)14-4-5-14/h4-6,9-12,14,17-19H,7-8,13,15-16H2,1-3H3;6-7,11,14-15,23H,1-5,8-10,12-13H2;4,7,9,12,14-15,21H,2-3,5-6,8,10-11H2,1H3;3,6,8,11-12,14,21H,1-2,4-5,7,9-10H2. The first-order valence-corrected chi connectivity index (χ1v) is 44.5. The summed E-state index contributed by atoms with van der Waals surface area (Å²) in [4.78, 5) is 44.1. The lowest BCUT2D eigenvalue weighted by molar-refractivity contribution is 0.275. The fourth-order valence-corrected chi connectivity index (χ4v) is 21.5. The van der Waals surface area contributed by atoms with Gasteiger partial charge in [-0.3, -0.25) is 0 Å². The first-order chi connectivity index (χ1) is 53.0. The molecule has 26 nitrogen and oxygen atoms in total. The summed E-state index contributed by atoms with van der Waals surface area (Å²) in [6.07, 6.45) is 20.2. The smallest absolute Gasteiger partial charge is 0.279 e. The number of ether oxygens (including phenoxy) is 1. The van der Waals surface area contributed by atoms with E-state index < -0.39 is 40.3 Å². The van der Waals surface area contributed by atoms with Gasteiger partial charge in [-0.05, 0) is 213 Å². The molecule has 0 spiro atoms. The van der Waals surface area contributed by atoms with Gasteiger partial charge in [0.05, 0.1) is 44.6 Å². The summed E-state index contributed by atoms with van der Waals surface area (Å²) >= 11 is 0. The zero-order valence-corrected chi connectivity index (χ0v) is 66.3. The van der Waals surface area contributed by atoms with Crippen molar-refractivity contribution in [1.29, 1.82) is 0 Å². The monoisotopic (exact) mass is 1590 g/mol. The number of halogens is 2. The van der Waals surface area contributed by atoms with Crippen molar-refractivity contribution in [3.63, 3.8) is 0 Å². The van der Waals surface area contributed by atoms with Gasteiger partial charge in [0, 0.05) is 119 Å². The van der Waals surface area contributed by atoms with Crippen molar-refractivity contribution < 1.29 is 47.2 Å². The second-order valence-corrected chi connectivity index (χ2v) is 38.0. The van der Waals surface area contributed by atoms with E-state index in [9.17, 15) is 42.5 Å². The number of piperidine rings is 5. The van der Waals surface area contributed by atoms with Crippen molar-refractivity contribution in [2.75, 3.05) is 118 Å². The van der Waals surface area contributed by atoms with Gasteiger partial charge in [-0.25, -0.2) is 88.1 Å². The third kappa shape index (κ3) is 20.2. The van der Waals surface area contributed by atoms with Gasteiger partial charge in [0.15, 0.2) is 0 Å². The Bertz CT molecular complexity index is 4990. The van der Waals surface area contributed by atoms with Gasteiger partial charge in [0.25, 0.3) is 10.2 Å². The van der Waals surface area contributed by atoms with Crippen molar-refractivity contribution in [3.05, 3.63) is 146 Å². The average Bonchev–Trinajstić information content (AvgIpc) is 1.39. The van der Waals surface area contributed by atoms with Gasteiger partial charge in [-0.15, -0.1) is 0 Å². The minimum atomic E-state index is -3.55. The molecule has 0 radical (unpaired) electrons. The van der Waals surface area contributed by atoms with Crippen molar-refractivity contribution in [2.45, 2.75) is 139 Å². The quantitative estimate of drug-likeness (QED) is 0.0568. The Morgan fingerprint density at radius 2 is 0.836 bits per heavy atom. The Kier molecular flexibility index (Phi) is 26.0. The van der Waals surface area contributed by atoms with E-state index in [0.717, 1.165) is 181 Å². The first kappa shape index (κ1) is 80.0. The van der Waals surface area contributed by atoms with Gasteiger partial charge in [0.1, 0.15) is 66.0 Å². The molecule has 110 heavy (non-hydrogen) atoms. The molecule has 5 aliphatic heterocycles. The molecule has 7 aliphatic rings. The number of benzene rings is 5. The van der Waals surface area contributed by atoms with E-state index >= 15 is 0 Å². The van der Waals surface area contributed by atoms with Gasteiger partial charge >= 0.3 is 0 Å². The summed E-state index contributed by atoms with van der Waals surface area (Å²) in [5.74, 6) is 4.35. The number of methoxy groups -OCH3 is 1. The minimum absolute atomic E-state index is 0.125. The van der Waals surface area contributed by atoms with Crippen LogP contribution in [0.1, 0.15) is 116 Å². The Balaban J connectivity index is 0.000000129. The van der Waals surface area contributed by atoms with E-state index in [1.807, 2.05) is 44.2 Å². The molecule has 4 atom stereocenters. The fourth-order valence-electron chi connectivity index (χ4n) is 15.5. The highest BCUT2D eigenvalue weighted by Gasteiger charge is 2.39. The number of anilines is 4. The number of rotatable bonds is 22. The number of hydrogen-bond donors (Lipinski definition) is 3. The number of aryl methyl sites for hydroxylation is 1. The van der Waals surface area contributed by atoms with Gasteiger partial charge in [-0.1, -0.05) is 36.2 Å². The average molecular weight is 1590 g/mol. The molecule has 9 heterocycles. The van der Waals surface area contributed by atoms with Crippen molar-refractivity contribution >= 4 is 107 Å². The van der Waals surface area contributed by atoms with Gasteiger partial charge in [0.2, 0.25) is 30.1 Å². The van der Waals surface area contributed by atoms with Crippen LogP contribution in [0.2, 0.25) is 0 Å². The fraction of sp³-hybridized carbons (Fsp3) is 0.513. The van der Waals surface area contributed by atoms with E-state index in [1.54, 1.807) is 64.8 Å². The number of sulfonamides is 3. The van der Waals surface area contributed by atoms with Crippen LogP contribution < -0.4 is 38.5 Å². The highest BCUT2D eigenvalue weighted by atomic mass is 32.2. The zero-order chi connectivity index (χ0) is 77.2. The molecule has 7 fully saturated rings. The first-order valence-electron chi connectivity index (χ1n) is 38.6. The molecular formula is C78H101F2N17O9S4. The Labute approximate surface area is 645 Å². The molecule has 32 heteroatoms. The molecule has 0 amide bonds. The second-order valence-electron chi connectivity index (χ2n) is 30.3. The summed E-state index contributed by atoms with van der Waals surface area (Å²) in [6, 6.07) is 29.6. The molecule has 5 saturated heterocycles. The summed E-state index contributed by atoms with van der Waals surface area (Å²) in [7, 11) is -11.6. The number of nitrogens with one attached hydrogen (secondary N) is 3. The highest BCUT2D eigenvalue weighted by molar-refractivity contribution is 7.90. The Morgan fingerprint density at radius 3 is 1.26 bits per heavy atom. The predicted molar refractivity (Wildman–Crippen MR) is 427 cm³/mol. The van der Waals surface area contributed by atoms with Crippen LogP contribution in [0.4, 0.5) is 32.1 Å². The van der Waals surface area contributed by atoms with Gasteiger partial charge < -0.3 is 24.3 Å². The van der Waals surface area contributed by atoms with E-state index in [0.29, 0.717) is 90.8 Å². The Morgan fingerprint density at radius 1 is 0.445 bits per heavy atom. The van der Waals surface area contributed by atoms with E-state index in [2.05, 4.69) is 92.7 Å². The molecule has 3 N–H and O–H groups in total. The molecule has 590 valence electrons. The maximum absolute atomic E-state index is 13.7. The molecule has 5 aromatic carbocycles. The molecular weight excluding hydrogens is 1490 g/mol. The maximum atomic E-state index is 13.7. The lowest BCUT2D eigenvalue weighted by atomic mass is 9.97. The van der Waals surface area contributed by atoms with Gasteiger partial charge in [-0.2, -0.15) is 17.0 Å². The molecule has 16 rings (SSSR count). The van der Waals surface area contributed by atoms with E-state index in [4.69, 9.17) is 4.74 Å². The topological polar surface area (TPSA) is 304 Å². The summed E-state index contributed by atoms with van der Waals surface area (Å²) < 4.78 is 144. The van der Waals surface area contributed by atoms with Crippen LogP contribution in [-0.2, 0) is 40.3 Å². The van der Waals surface area contributed by atoms with E-state index in [1.165, 1.54) is 42.5 Å². The summed E-state index contributed by atoms with van der Waals surface area (Å²) in [5.41, 5.74) is 4.43. The molecule has 4 unspecified atom stereocenters. The molecule has 9 aromatic rings. The molecule has 2 aliphatic carbocycles. The molecule has 4 aromatic heterocycles. The normalized spacial score (nSPS) is 20.4. The third-order valence-corrected chi connectivity index (χ3v) is 29.1. The van der Waals surface area contributed by atoms with Crippen LogP contribution in [0.25, 0.3) is 43.6 Å². The predicted octanol–water partition coefficient (Wildman–Crippen LogP) is 10.6. The molecule has 2 saturated carbocycles. The number of fused-ring (bicyclic) bond motifs is 4. The lowest BCUT2D eigenvalue weighted by Gasteiger charge is -2.37. The minimum Gasteiger partial charge on any atom is -0.497 e. The number of nitrogens with zero attached hydrogens (tertiary/aromatic N) is 14. The summed E-state index contributed by atoms with van der Waals surface area (Å²) in [6.45, 7) is 15.5. The highest BCUT2D eigenvalue weighted by Crippen LogP contribution is 2.36. The van der Waals surface area contributed by atoms with Crippen LogP contribution in [0.5, 0.6) is 5.75 Å². The van der Waals surface area contributed by atoms with Crippen LogP contribution in [0.3, 0.4) is 0 Å². The maximum Gasteiger partial charge on any atom is 0.279 e.